The van der Waals surface area contributed by atoms with Gasteiger partial charge in [0.2, 0.25) is 0 Å². The Balaban J connectivity index is 1.84. The van der Waals surface area contributed by atoms with Crippen LogP contribution < -0.4 is 10.1 Å². The lowest BCUT2D eigenvalue weighted by molar-refractivity contribution is 0.0927. The second kappa shape index (κ2) is 10.3. The molecule has 3 aromatic carbocycles. The van der Waals surface area contributed by atoms with E-state index in [1.165, 1.54) is 13.2 Å². The average Bonchev–Trinajstić information content (AvgIpc) is 3.28. The maximum atomic E-state index is 14.6. The number of nitrogens with one attached hydrogen (secondary N) is 1. The number of methoxy groups -OCH3 is 1. The fourth-order valence-electron chi connectivity index (χ4n) is 4.15. The fraction of sp³-hybridized carbons (Fsp3) is 0.214. The van der Waals surface area contributed by atoms with Crippen molar-refractivity contribution >= 4 is 5.91 Å². The van der Waals surface area contributed by atoms with E-state index in [-0.39, 0.29) is 17.7 Å². The van der Waals surface area contributed by atoms with Gasteiger partial charge in [-0.25, -0.2) is 9.37 Å². The fourth-order valence-corrected chi connectivity index (χ4v) is 4.15. The first-order valence-electron chi connectivity index (χ1n) is 11.4. The van der Waals surface area contributed by atoms with Crippen LogP contribution in [-0.2, 0) is 6.54 Å². The molecule has 1 atom stereocenters. The Morgan fingerprint density at radius 2 is 1.68 bits per heavy atom. The molecule has 174 valence electrons. The first-order valence-corrected chi connectivity index (χ1v) is 11.4. The number of halogens is 1. The number of ether oxygens (including phenoxy) is 1. The third kappa shape index (κ3) is 4.57. The first-order chi connectivity index (χ1) is 16.6. The average molecular weight is 458 g/mol. The van der Waals surface area contributed by atoms with Gasteiger partial charge >= 0.3 is 0 Å². The molecule has 0 fully saturated rings. The van der Waals surface area contributed by atoms with Crippen LogP contribution in [0.15, 0.2) is 78.9 Å². The number of hydrogen-bond acceptors (Lipinski definition) is 3. The van der Waals surface area contributed by atoms with Gasteiger partial charge in [0.15, 0.2) is 11.6 Å². The molecule has 1 unspecified atom stereocenters. The predicted octanol–water partition coefficient (Wildman–Crippen LogP) is 6.27. The zero-order valence-electron chi connectivity index (χ0n) is 19.6. The summed E-state index contributed by atoms with van der Waals surface area (Å²) in [4.78, 5) is 18.6. The molecule has 0 radical (unpaired) electrons. The van der Waals surface area contributed by atoms with Gasteiger partial charge in [-0.1, -0.05) is 67.6 Å². The molecule has 0 aliphatic carbocycles. The second-order valence-electron chi connectivity index (χ2n) is 7.94. The van der Waals surface area contributed by atoms with Crippen molar-refractivity contribution in [3.8, 4) is 28.4 Å². The smallest absolute Gasteiger partial charge is 0.270 e. The highest BCUT2D eigenvalue weighted by molar-refractivity contribution is 5.99. The van der Waals surface area contributed by atoms with E-state index in [1.54, 1.807) is 12.1 Å². The van der Waals surface area contributed by atoms with Crippen LogP contribution in [0.4, 0.5) is 4.39 Å². The Labute approximate surface area is 199 Å². The lowest BCUT2D eigenvalue weighted by atomic mass is 10.0. The first kappa shape index (κ1) is 23.2. The zero-order chi connectivity index (χ0) is 24.1. The largest absolute Gasteiger partial charge is 0.494 e. The monoisotopic (exact) mass is 457 g/mol. The van der Waals surface area contributed by atoms with Gasteiger partial charge in [-0.2, -0.15) is 0 Å². The maximum absolute atomic E-state index is 14.6. The van der Waals surface area contributed by atoms with Crippen molar-refractivity contribution in [2.45, 2.75) is 32.9 Å². The third-order valence-electron chi connectivity index (χ3n) is 5.87. The van der Waals surface area contributed by atoms with Gasteiger partial charge in [0.05, 0.1) is 13.2 Å². The normalized spacial score (nSPS) is 11.8. The molecule has 1 aromatic heterocycles. The van der Waals surface area contributed by atoms with Gasteiger partial charge in [-0.15, -0.1) is 0 Å². The van der Waals surface area contributed by atoms with Gasteiger partial charge < -0.3 is 14.6 Å². The second-order valence-corrected chi connectivity index (χ2v) is 7.94. The summed E-state index contributed by atoms with van der Waals surface area (Å²) in [7, 11) is 1.42. The Morgan fingerprint density at radius 1 is 1.00 bits per heavy atom. The van der Waals surface area contributed by atoms with E-state index in [0.29, 0.717) is 29.3 Å². The molecule has 0 bridgehead atoms. The minimum atomic E-state index is -0.505. The van der Waals surface area contributed by atoms with E-state index in [0.717, 1.165) is 17.5 Å². The van der Waals surface area contributed by atoms with E-state index in [9.17, 15) is 9.18 Å². The lowest BCUT2D eigenvalue weighted by Crippen LogP contribution is -2.30. The van der Waals surface area contributed by atoms with Crippen molar-refractivity contribution in [1.29, 1.82) is 0 Å². The van der Waals surface area contributed by atoms with Crippen molar-refractivity contribution in [3.05, 3.63) is 95.9 Å². The molecule has 0 aliphatic rings. The van der Waals surface area contributed by atoms with E-state index in [4.69, 9.17) is 9.72 Å². The molecular weight excluding hydrogens is 429 g/mol. The van der Waals surface area contributed by atoms with Crippen molar-refractivity contribution in [1.82, 2.24) is 14.9 Å². The number of hydrogen-bond donors (Lipinski definition) is 1. The Hall–Kier alpha value is -3.93. The lowest BCUT2D eigenvalue weighted by Gasteiger charge is -2.19. The number of imidazole rings is 1. The molecule has 1 amide bonds. The summed E-state index contributed by atoms with van der Waals surface area (Å²) in [6, 6.07) is 24.0. The van der Waals surface area contributed by atoms with Gasteiger partial charge in [0.25, 0.3) is 5.91 Å². The highest BCUT2D eigenvalue weighted by Gasteiger charge is 2.26. The summed E-state index contributed by atoms with van der Waals surface area (Å²) >= 11 is 0. The number of benzene rings is 3. The van der Waals surface area contributed by atoms with Crippen LogP contribution in [0.2, 0.25) is 0 Å². The number of carbonyl (C=O) groups excluding carboxylic acids is 1. The van der Waals surface area contributed by atoms with Gasteiger partial charge in [-0.05, 0) is 37.1 Å². The predicted molar refractivity (Wildman–Crippen MR) is 132 cm³/mol. The van der Waals surface area contributed by atoms with Gasteiger partial charge in [0.1, 0.15) is 17.2 Å². The van der Waals surface area contributed by atoms with E-state index >= 15 is 0 Å². The third-order valence-corrected chi connectivity index (χ3v) is 5.87. The summed E-state index contributed by atoms with van der Waals surface area (Å²) in [5.41, 5.74) is 3.26. The standard InChI is InChI=1S/C28H28FN3O2/c1-4-23(19-12-8-6-9-13-19)30-28(33)26-25(21-16-17-24(34-3)22(29)18-21)31-27(32(26)5-2)20-14-10-7-11-15-20/h6-18,23H,4-5H2,1-3H3,(H,30,33). The van der Waals surface area contributed by atoms with Crippen LogP contribution in [0.25, 0.3) is 22.6 Å². The molecule has 34 heavy (non-hydrogen) atoms. The number of nitrogens with zero attached hydrogens (tertiary/aromatic N) is 2. The van der Waals surface area contributed by atoms with Crippen LogP contribution >= 0.6 is 0 Å². The quantitative estimate of drug-likeness (QED) is 0.339. The van der Waals surface area contributed by atoms with E-state index in [1.807, 2.05) is 79.1 Å². The molecule has 0 spiro atoms. The number of carbonyl (C=O) groups is 1. The molecular formula is C28H28FN3O2. The van der Waals surface area contributed by atoms with E-state index in [2.05, 4.69) is 5.32 Å². The molecule has 1 heterocycles. The van der Waals surface area contributed by atoms with Crippen molar-refractivity contribution in [2.24, 2.45) is 0 Å². The number of aromatic nitrogens is 2. The molecule has 4 rings (SSSR count). The minimum absolute atomic E-state index is 0.142. The highest BCUT2D eigenvalue weighted by atomic mass is 19.1. The van der Waals surface area contributed by atoms with Crippen LogP contribution in [0.3, 0.4) is 0 Å². The Morgan fingerprint density at radius 3 is 2.26 bits per heavy atom. The van der Waals surface area contributed by atoms with Gasteiger partial charge in [-0.3, -0.25) is 4.79 Å². The van der Waals surface area contributed by atoms with Crippen molar-refractivity contribution in [3.63, 3.8) is 0 Å². The topological polar surface area (TPSA) is 56.1 Å². The molecule has 0 saturated heterocycles. The minimum Gasteiger partial charge on any atom is -0.494 e. The molecule has 1 N–H and O–H groups in total. The van der Waals surface area contributed by atoms with Crippen molar-refractivity contribution in [2.75, 3.05) is 7.11 Å². The number of amides is 1. The highest BCUT2D eigenvalue weighted by Crippen LogP contribution is 2.32. The molecule has 5 nitrogen and oxygen atoms in total. The van der Waals surface area contributed by atoms with Gasteiger partial charge in [0, 0.05) is 17.7 Å². The summed E-state index contributed by atoms with van der Waals surface area (Å²) in [6.45, 7) is 4.53. The molecule has 4 aromatic rings. The van der Waals surface area contributed by atoms with Crippen LogP contribution in [0.1, 0.15) is 42.4 Å². The molecule has 6 heteroatoms. The molecule has 0 aliphatic heterocycles. The zero-order valence-corrected chi connectivity index (χ0v) is 19.6. The van der Waals surface area contributed by atoms with Crippen LogP contribution in [0.5, 0.6) is 5.75 Å². The Bertz CT molecular complexity index is 1270. The summed E-state index contributed by atoms with van der Waals surface area (Å²) in [5, 5.41) is 3.17. The maximum Gasteiger partial charge on any atom is 0.270 e. The van der Waals surface area contributed by atoms with E-state index < -0.39 is 5.82 Å². The SMILES string of the molecule is CCC(NC(=O)c1c(-c2ccc(OC)c(F)c2)nc(-c2ccccc2)n1CC)c1ccccc1. The Kier molecular flexibility index (Phi) is 7.07. The number of rotatable bonds is 8. The molecule has 0 saturated carbocycles. The summed E-state index contributed by atoms with van der Waals surface area (Å²) in [6.07, 6.45) is 0.730. The summed E-state index contributed by atoms with van der Waals surface area (Å²) < 4.78 is 21.6. The summed E-state index contributed by atoms with van der Waals surface area (Å²) in [5.74, 6) is 0.0446. The van der Waals surface area contributed by atoms with Crippen molar-refractivity contribution < 1.29 is 13.9 Å². The van der Waals surface area contributed by atoms with Crippen LogP contribution in [0, 0.1) is 5.82 Å². The van der Waals surface area contributed by atoms with Crippen LogP contribution in [-0.4, -0.2) is 22.6 Å².